The van der Waals surface area contributed by atoms with Crippen molar-refractivity contribution in [2.75, 3.05) is 5.32 Å². The van der Waals surface area contributed by atoms with Crippen LogP contribution in [0.5, 0.6) is 0 Å². The van der Waals surface area contributed by atoms with Crippen LogP contribution < -0.4 is 10.5 Å². The minimum Gasteiger partial charge on any atom is -0.322 e. The number of amides is 1. The Bertz CT molecular complexity index is 712. The first kappa shape index (κ1) is 13.5. The summed E-state index contributed by atoms with van der Waals surface area (Å²) < 4.78 is 22.3. The van der Waals surface area contributed by atoms with Crippen LogP contribution in [0.3, 0.4) is 0 Å². The predicted molar refractivity (Wildman–Crippen MR) is 69.4 cm³/mol. The second kappa shape index (κ2) is 5.00. The van der Waals surface area contributed by atoms with Gasteiger partial charge >= 0.3 is 0 Å². The molecule has 0 fully saturated rings. The van der Waals surface area contributed by atoms with Gasteiger partial charge in [0, 0.05) is 11.9 Å². The number of nitrogens with zero attached hydrogens (tertiary/aromatic N) is 1. The van der Waals surface area contributed by atoms with Crippen molar-refractivity contribution in [2.45, 2.75) is 4.90 Å². The zero-order valence-electron chi connectivity index (χ0n) is 9.42. The molecule has 1 aromatic heterocycles. The molecule has 0 aliphatic rings. The highest BCUT2D eigenvalue weighted by Crippen LogP contribution is 2.24. The summed E-state index contributed by atoms with van der Waals surface area (Å²) in [6.07, 6.45) is 2.78. The Morgan fingerprint density at radius 3 is 2.68 bits per heavy atom. The maximum absolute atomic E-state index is 11.7. The number of halogens is 1. The quantitative estimate of drug-likeness (QED) is 0.782. The highest BCUT2D eigenvalue weighted by Gasteiger charge is 2.14. The third kappa shape index (κ3) is 3.11. The van der Waals surface area contributed by atoms with Gasteiger partial charge in [0.2, 0.25) is 10.0 Å². The van der Waals surface area contributed by atoms with Gasteiger partial charge in [0.1, 0.15) is 4.90 Å². The van der Waals surface area contributed by atoms with Crippen LogP contribution in [-0.2, 0) is 10.0 Å². The minimum atomic E-state index is -3.88. The van der Waals surface area contributed by atoms with Crippen molar-refractivity contribution in [3.8, 4) is 0 Å². The number of primary sulfonamides is 1. The molecule has 0 aliphatic heterocycles. The molecule has 9 heteroatoms. The number of H-pyrrole nitrogens is 1. The molecule has 0 aliphatic carbocycles. The van der Waals surface area contributed by atoms with Crippen LogP contribution in [0.1, 0.15) is 10.4 Å². The lowest BCUT2D eigenvalue weighted by atomic mass is 10.3. The van der Waals surface area contributed by atoms with Gasteiger partial charge in [-0.05, 0) is 18.2 Å². The summed E-state index contributed by atoms with van der Waals surface area (Å²) in [5.41, 5.74) is 0.690. The summed E-state index contributed by atoms with van der Waals surface area (Å²) in [5.74, 6) is -0.395. The van der Waals surface area contributed by atoms with Crippen LogP contribution >= 0.6 is 11.6 Å². The zero-order valence-corrected chi connectivity index (χ0v) is 11.0. The van der Waals surface area contributed by atoms with Crippen LogP contribution in [-0.4, -0.2) is 24.5 Å². The smallest absolute Gasteiger partial charge is 0.258 e. The van der Waals surface area contributed by atoms with E-state index in [9.17, 15) is 13.2 Å². The maximum Gasteiger partial charge on any atom is 0.258 e. The van der Waals surface area contributed by atoms with Gasteiger partial charge in [-0.2, -0.15) is 5.10 Å². The average molecular weight is 301 g/mol. The summed E-state index contributed by atoms with van der Waals surface area (Å²) in [6.45, 7) is 0. The number of aromatic amines is 1. The van der Waals surface area contributed by atoms with E-state index in [1.54, 1.807) is 0 Å². The van der Waals surface area contributed by atoms with Crippen molar-refractivity contribution in [3.63, 3.8) is 0 Å². The Labute approximate surface area is 113 Å². The highest BCUT2D eigenvalue weighted by atomic mass is 35.5. The number of carbonyl (C=O) groups excluding carboxylic acids is 1. The van der Waals surface area contributed by atoms with Crippen molar-refractivity contribution < 1.29 is 13.2 Å². The highest BCUT2D eigenvalue weighted by molar-refractivity contribution is 7.89. The van der Waals surface area contributed by atoms with Crippen LogP contribution in [0.4, 0.5) is 5.69 Å². The fraction of sp³-hybridized carbons (Fsp3) is 0. The van der Waals surface area contributed by atoms with E-state index in [2.05, 4.69) is 15.5 Å². The van der Waals surface area contributed by atoms with Crippen molar-refractivity contribution in [1.29, 1.82) is 0 Å². The van der Waals surface area contributed by atoms with Gasteiger partial charge in [0.25, 0.3) is 5.91 Å². The van der Waals surface area contributed by atoms with E-state index in [4.69, 9.17) is 16.7 Å². The molecule has 1 amide bonds. The van der Waals surface area contributed by atoms with Gasteiger partial charge in [0.15, 0.2) is 0 Å². The van der Waals surface area contributed by atoms with E-state index < -0.39 is 15.9 Å². The van der Waals surface area contributed by atoms with Crippen molar-refractivity contribution in [3.05, 3.63) is 41.2 Å². The molecule has 4 N–H and O–H groups in total. The molecule has 100 valence electrons. The lowest BCUT2D eigenvalue weighted by molar-refractivity contribution is 0.102. The normalized spacial score (nSPS) is 11.3. The van der Waals surface area contributed by atoms with Crippen molar-refractivity contribution in [2.24, 2.45) is 5.14 Å². The molecule has 0 unspecified atom stereocenters. The number of carbonyl (C=O) groups is 1. The van der Waals surface area contributed by atoms with Gasteiger partial charge in [-0.1, -0.05) is 11.6 Å². The minimum absolute atomic E-state index is 0.0625. The van der Waals surface area contributed by atoms with Gasteiger partial charge in [-0.3, -0.25) is 9.89 Å². The summed E-state index contributed by atoms with van der Waals surface area (Å²) in [6, 6.07) is 3.92. The number of benzene rings is 1. The number of hydrogen-bond donors (Lipinski definition) is 3. The number of hydrogen-bond acceptors (Lipinski definition) is 4. The Balaban J connectivity index is 2.24. The van der Waals surface area contributed by atoms with E-state index in [-0.39, 0.29) is 9.92 Å². The monoisotopic (exact) mass is 300 g/mol. The molecule has 19 heavy (non-hydrogen) atoms. The third-order valence-corrected chi connectivity index (χ3v) is 3.65. The SMILES string of the molecule is NS(=O)(=O)c1ccc(NC(=O)c2cn[nH]c2)cc1Cl. The molecule has 0 bridgehead atoms. The summed E-state index contributed by atoms with van der Waals surface area (Å²) in [5, 5.41) is 13.6. The van der Waals surface area contributed by atoms with Gasteiger partial charge in [-0.15, -0.1) is 0 Å². The van der Waals surface area contributed by atoms with E-state index >= 15 is 0 Å². The molecule has 0 radical (unpaired) electrons. The Kier molecular flexibility index (Phi) is 3.56. The second-order valence-corrected chi connectivity index (χ2v) is 5.57. The van der Waals surface area contributed by atoms with E-state index in [1.165, 1.54) is 30.6 Å². The molecule has 1 heterocycles. The first-order valence-corrected chi connectivity index (χ1v) is 6.93. The topological polar surface area (TPSA) is 118 Å². The van der Waals surface area contributed by atoms with E-state index in [0.717, 1.165) is 0 Å². The molecule has 0 saturated carbocycles. The first-order chi connectivity index (χ1) is 8.88. The van der Waals surface area contributed by atoms with Crippen LogP contribution in [0.25, 0.3) is 0 Å². The molecule has 0 saturated heterocycles. The maximum atomic E-state index is 11.7. The lowest BCUT2D eigenvalue weighted by Crippen LogP contribution is -2.14. The third-order valence-electron chi connectivity index (χ3n) is 2.26. The molecule has 7 nitrogen and oxygen atoms in total. The van der Waals surface area contributed by atoms with Gasteiger partial charge in [0.05, 0.1) is 16.8 Å². The zero-order chi connectivity index (χ0) is 14.0. The standard InChI is InChI=1S/C10H9ClN4O3S/c11-8-3-7(1-2-9(8)19(12,17)18)15-10(16)6-4-13-14-5-6/h1-5H,(H,13,14)(H,15,16)(H2,12,17,18). The fourth-order valence-corrected chi connectivity index (χ4v) is 2.48. The molecular formula is C10H9ClN4O3S. The molecule has 2 aromatic rings. The van der Waals surface area contributed by atoms with Crippen LogP contribution in [0, 0.1) is 0 Å². The predicted octanol–water partition coefficient (Wildman–Crippen LogP) is 0.963. The number of sulfonamides is 1. The largest absolute Gasteiger partial charge is 0.322 e. The van der Waals surface area contributed by atoms with Crippen molar-refractivity contribution in [1.82, 2.24) is 10.2 Å². The van der Waals surface area contributed by atoms with Crippen molar-refractivity contribution >= 4 is 33.2 Å². The Morgan fingerprint density at radius 2 is 2.16 bits per heavy atom. The van der Waals surface area contributed by atoms with Gasteiger partial charge in [-0.25, -0.2) is 13.6 Å². The first-order valence-electron chi connectivity index (χ1n) is 5.00. The van der Waals surface area contributed by atoms with Crippen LogP contribution in [0.15, 0.2) is 35.5 Å². The Hall–Kier alpha value is -1.90. The molecule has 2 rings (SSSR count). The van der Waals surface area contributed by atoms with E-state index in [0.29, 0.717) is 11.3 Å². The number of anilines is 1. The summed E-state index contributed by atoms with van der Waals surface area (Å²) >= 11 is 5.79. The summed E-state index contributed by atoms with van der Waals surface area (Å²) in [4.78, 5) is 11.5. The Morgan fingerprint density at radius 1 is 1.42 bits per heavy atom. The summed E-state index contributed by atoms with van der Waals surface area (Å²) in [7, 11) is -3.88. The van der Waals surface area contributed by atoms with E-state index in [1.807, 2.05) is 0 Å². The fourth-order valence-electron chi connectivity index (χ4n) is 1.39. The second-order valence-electron chi connectivity index (χ2n) is 3.63. The molecular weight excluding hydrogens is 292 g/mol. The number of nitrogens with two attached hydrogens (primary N) is 1. The molecule has 1 aromatic carbocycles. The number of rotatable bonds is 3. The van der Waals surface area contributed by atoms with Crippen LogP contribution in [0.2, 0.25) is 5.02 Å². The number of nitrogens with one attached hydrogen (secondary N) is 2. The number of aromatic nitrogens is 2. The average Bonchev–Trinajstić information content (AvgIpc) is 2.80. The lowest BCUT2D eigenvalue weighted by Gasteiger charge is -2.06. The molecule has 0 atom stereocenters. The molecule has 0 spiro atoms. The van der Waals surface area contributed by atoms with Gasteiger partial charge < -0.3 is 5.32 Å².